The first-order valence-corrected chi connectivity index (χ1v) is 19.1. The maximum atomic E-state index is 14.1. The van der Waals surface area contributed by atoms with Crippen molar-refractivity contribution in [3.8, 4) is 11.5 Å². The molecule has 278 valence electrons. The van der Waals surface area contributed by atoms with E-state index in [2.05, 4.69) is 26.9 Å². The third-order valence-electron chi connectivity index (χ3n) is 11.0. The van der Waals surface area contributed by atoms with Crippen molar-refractivity contribution < 1.29 is 18.7 Å². The number of para-hydroxylation sites is 2. The van der Waals surface area contributed by atoms with Crippen molar-refractivity contribution in [1.29, 1.82) is 0 Å². The van der Waals surface area contributed by atoms with Gasteiger partial charge in [-0.1, -0.05) is 53.5 Å². The van der Waals surface area contributed by atoms with Crippen molar-refractivity contribution in [1.82, 2.24) is 19.4 Å². The van der Waals surface area contributed by atoms with Gasteiger partial charge in [0.15, 0.2) is 11.5 Å². The number of imidazole rings is 1. The fourth-order valence-corrected chi connectivity index (χ4v) is 8.45. The second-order valence-electron chi connectivity index (χ2n) is 14.4. The molecule has 8 nitrogen and oxygen atoms in total. The number of methoxy groups -OCH3 is 2. The summed E-state index contributed by atoms with van der Waals surface area (Å²) in [7, 11) is 3.20. The molecule has 53 heavy (non-hydrogen) atoms. The molecule has 0 radical (unpaired) electrons. The lowest BCUT2D eigenvalue weighted by atomic mass is 9.71. The van der Waals surface area contributed by atoms with Crippen molar-refractivity contribution in [2.24, 2.45) is 0 Å². The number of nitrogens with one attached hydrogen (secondary N) is 1. The zero-order valence-electron chi connectivity index (χ0n) is 30.5. The number of ether oxygens (including phenoxy) is 2. The predicted molar refractivity (Wildman–Crippen MR) is 210 cm³/mol. The number of hydrogen-bond acceptors (Lipinski definition) is 6. The molecule has 11 heteroatoms. The summed E-state index contributed by atoms with van der Waals surface area (Å²) in [6, 6.07) is 24.7. The van der Waals surface area contributed by atoms with Crippen LogP contribution in [-0.4, -0.2) is 78.2 Å². The third-order valence-corrected chi connectivity index (χ3v) is 11.8. The Bertz CT molecular complexity index is 2080. The van der Waals surface area contributed by atoms with E-state index in [0.717, 1.165) is 85.4 Å². The largest absolute Gasteiger partial charge is 0.493 e. The first-order valence-electron chi connectivity index (χ1n) is 18.3. The van der Waals surface area contributed by atoms with E-state index in [9.17, 15) is 9.18 Å². The van der Waals surface area contributed by atoms with Crippen LogP contribution in [-0.2, 0) is 12.0 Å². The molecule has 2 fully saturated rings. The van der Waals surface area contributed by atoms with Crippen molar-refractivity contribution in [2.75, 3.05) is 52.3 Å². The van der Waals surface area contributed by atoms with Crippen LogP contribution in [0.5, 0.6) is 11.5 Å². The number of halogens is 3. The first kappa shape index (κ1) is 37.0. The highest BCUT2D eigenvalue weighted by Crippen LogP contribution is 2.41. The van der Waals surface area contributed by atoms with Crippen LogP contribution >= 0.6 is 23.2 Å². The van der Waals surface area contributed by atoms with Gasteiger partial charge in [-0.05, 0) is 111 Å². The van der Waals surface area contributed by atoms with E-state index in [-0.39, 0.29) is 23.2 Å². The van der Waals surface area contributed by atoms with E-state index in [1.165, 1.54) is 12.1 Å². The topological polar surface area (TPSA) is 71.9 Å². The number of aryl methyl sites for hydroxylation is 1. The number of carbonyl (C=O) groups excluding carboxylic acids is 1. The van der Waals surface area contributed by atoms with Crippen LogP contribution in [0.15, 0.2) is 78.9 Å². The smallest absolute Gasteiger partial charge is 0.254 e. The van der Waals surface area contributed by atoms with Crippen LogP contribution in [0, 0.1) is 12.7 Å². The van der Waals surface area contributed by atoms with Gasteiger partial charge in [-0.2, -0.15) is 0 Å². The summed E-state index contributed by atoms with van der Waals surface area (Å²) in [6.45, 7) is 6.58. The molecule has 2 saturated heterocycles. The van der Waals surface area contributed by atoms with E-state index < -0.39 is 0 Å². The van der Waals surface area contributed by atoms with Crippen LogP contribution in [0.4, 0.5) is 10.3 Å². The Morgan fingerprint density at radius 3 is 2.47 bits per heavy atom. The van der Waals surface area contributed by atoms with Crippen LogP contribution in [0.25, 0.3) is 11.0 Å². The number of nitrogens with zero attached hydrogens (tertiary/aromatic N) is 4. The summed E-state index contributed by atoms with van der Waals surface area (Å²) < 4.78 is 26.9. The highest BCUT2D eigenvalue weighted by molar-refractivity contribution is 6.42. The Balaban J connectivity index is 1.05. The fraction of sp³-hybridized carbons (Fsp3) is 0.381. The number of benzene rings is 4. The number of rotatable bonds is 11. The molecule has 1 atom stereocenters. The summed E-state index contributed by atoms with van der Waals surface area (Å²) in [6.07, 6.45) is 4.65. The standard InChI is InChI=1S/C42H46Cl2FN5O3/c1-28-23-30(24-38(52-2)39(28)53-3)40(51)49-19-6-17-42(27-49,31-11-14-34(43)35(44)25-31)18-22-48-20-15-33(16-21-48)46-41-47-36-7-4-5-8-37(36)50(41)26-29-9-12-32(45)13-10-29/h4-5,7-14,23-25,33H,6,15-22,26-27H2,1-3H3,(H,46,47). The summed E-state index contributed by atoms with van der Waals surface area (Å²) in [4.78, 5) is 23.6. The number of aromatic nitrogens is 2. The molecule has 4 aromatic carbocycles. The molecule has 0 aliphatic carbocycles. The van der Waals surface area contributed by atoms with Gasteiger partial charge in [-0.25, -0.2) is 9.37 Å². The second kappa shape index (κ2) is 16.0. The van der Waals surface area contributed by atoms with Crippen LogP contribution in [0.2, 0.25) is 10.0 Å². The molecule has 1 amide bonds. The lowest BCUT2D eigenvalue weighted by Gasteiger charge is -2.45. The number of likely N-dealkylation sites (tertiary alicyclic amines) is 2. The average Bonchev–Trinajstić information content (AvgIpc) is 3.51. The zero-order valence-corrected chi connectivity index (χ0v) is 32.0. The number of amides is 1. The Labute approximate surface area is 320 Å². The number of anilines is 1. The number of hydrogen-bond donors (Lipinski definition) is 1. The quantitative estimate of drug-likeness (QED) is 0.145. The number of fused-ring (bicyclic) bond motifs is 1. The third kappa shape index (κ3) is 7.98. The highest BCUT2D eigenvalue weighted by Gasteiger charge is 2.40. The van der Waals surface area contributed by atoms with E-state index in [0.29, 0.717) is 46.7 Å². The minimum absolute atomic E-state index is 0.0180. The maximum absolute atomic E-state index is 14.1. The van der Waals surface area contributed by atoms with Gasteiger partial charge in [0.25, 0.3) is 5.91 Å². The van der Waals surface area contributed by atoms with Gasteiger partial charge in [0.2, 0.25) is 5.95 Å². The average molecular weight is 759 g/mol. The molecule has 7 rings (SSSR count). The van der Waals surface area contributed by atoms with E-state index in [1.54, 1.807) is 20.3 Å². The summed E-state index contributed by atoms with van der Waals surface area (Å²) in [5.74, 6) is 1.76. The van der Waals surface area contributed by atoms with Crippen LogP contribution in [0.3, 0.4) is 0 Å². The van der Waals surface area contributed by atoms with Crippen LogP contribution in [0.1, 0.15) is 59.2 Å². The van der Waals surface area contributed by atoms with Crippen molar-refractivity contribution in [3.63, 3.8) is 0 Å². The van der Waals surface area contributed by atoms with Gasteiger partial charge in [0, 0.05) is 43.2 Å². The van der Waals surface area contributed by atoms with Crippen molar-refractivity contribution >= 4 is 46.1 Å². The molecule has 2 aliphatic rings. The Morgan fingerprint density at radius 2 is 1.74 bits per heavy atom. The zero-order chi connectivity index (χ0) is 37.1. The molecule has 3 heterocycles. The normalized spacial score (nSPS) is 18.3. The van der Waals surface area contributed by atoms with E-state index >= 15 is 0 Å². The molecule has 2 aliphatic heterocycles. The molecule has 1 unspecified atom stereocenters. The summed E-state index contributed by atoms with van der Waals surface area (Å²) in [5, 5.41) is 4.81. The number of carbonyl (C=O) groups is 1. The van der Waals surface area contributed by atoms with Gasteiger partial charge in [0.05, 0.1) is 41.8 Å². The Hall–Kier alpha value is -4.31. The molecule has 0 saturated carbocycles. The predicted octanol–water partition coefficient (Wildman–Crippen LogP) is 9.00. The molecule has 1 N–H and O–H groups in total. The summed E-state index contributed by atoms with van der Waals surface area (Å²) >= 11 is 13.0. The molecular formula is C42H46Cl2FN5O3. The van der Waals surface area contributed by atoms with E-state index in [4.69, 9.17) is 37.7 Å². The van der Waals surface area contributed by atoms with Gasteiger partial charge < -0.3 is 29.2 Å². The van der Waals surface area contributed by atoms with Gasteiger partial charge in [0.1, 0.15) is 5.82 Å². The van der Waals surface area contributed by atoms with Gasteiger partial charge in [-0.15, -0.1) is 0 Å². The Morgan fingerprint density at radius 1 is 0.962 bits per heavy atom. The molecule has 5 aromatic rings. The molecule has 1 aromatic heterocycles. The number of piperidine rings is 2. The van der Waals surface area contributed by atoms with Crippen molar-refractivity contribution in [2.45, 2.75) is 57.0 Å². The Kier molecular flexibility index (Phi) is 11.2. The molecular weight excluding hydrogens is 712 g/mol. The SMILES string of the molecule is COc1cc(C(=O)N2CCCC(CCN3CCC(Nc4nc5ccccc5n4Cc4ccc(F)cc4)CC3)(c3ccc(Cl)c(Cl)c3)C2)cc(C)c1OC. The molecule has 0 spiro atoms. The molecule has 0 bridgehead atoms. The van der Waals surface area contributed by atoms with Gasteiger partial charge >= 0.3 is 0 Å². The lowest BCUT2D eigenvalue weighted by molar-refractivity contribution is 0.0607. The highest BCUT2D eigenvalue weighted by atomic mass is 35.5. The second-order valence-corrected chi connectivity index (χ2v) is 15.2. The van der Waals surface area contributed by atoms with Crippen LogP contribution < -0.4 is 14.8 Å². The first-order chi connectivity index (χ1) is 25.7. The maximum Gasteiger partial charge on any atom is 0.254 e. The van der Waals surface area contributed by atoms with E-state index in [1.807, 2.05) is 60.4 Å². The minimum Gasteiger partial charge on any atom is -0.493 e. The minimum atomic E-state index is -0.284. The monoisotopic (exact) mass is 757 g/mol. The summed E-state index contributed by atoms with van der Waals surface area (Å²) in [5.41, 5.74) is 5.27. The van der Waals surface area contributed by atoms with Crippen molar-refractivity contribution in [3.05, 3.63) is 117 Å². The lowest BCUT2D eigenvalue weighted by Crippen LogP contribution is -2.50. The van der Waals surface area contributed by atoms with Gasteiger partial charge in [-0.3, -0.25) is 4.79 Å². The fourth-order valence-electron chi connectivity index (χ4n) is 8.15.